The number of ether oxygens (including phenoxy) is 2. The molecule has 134 valence electrons. The molecule has 25 heavy (non-hydrogen) atoms. The van der Waals surface area contributed by atoms with Gasteiger partial charge >= 0.3 is 5.97 Å². The number of carboxylic acids is 1. The topological polar surface area (TPSA) is 102 Å². The number of hydrogen-bond donors (Lipinski definition) is 2. The zero-order chi connectivity index (χ0) is 18.8. The largest absolute Gasteiger partial charge is 0.497 e. The number of methoxy groups -OCH3 is 2. The fourth-order valence-electron chi connectivity index (χ4n) is 1.98. The van der Waals surface area contributed by atoms with Crippen molar-refractivity contribution in [3.63, 3.8) is 0 Å². The minimum absolute atomic E-state index is 0.0470. The van der Waals surface area contributed by atoms with Crippen molar-refractivity contribution < 1.29 is 36.6 Å². The standard InChI is InChI=1S/C15H13F2NO6S/c1-23-8-3-4-13(24-2)14(5-8)25(21,22)18-12-6-9(15(19)20)10(16)7-11(12)17/h3-7,18H,1-2H3,(H,19,20). The van der Waals surface area contributed by atoms with Gasteiger partial charge in [0.05, 0.1) is 25.5 Å². The smallest absolute Gasteiger partial charge is 0.338 e. The number of sulfonamides is 1. The lowest BCUT2D eigenvalue weighted by Gasteiger charge is -2.14. The molecule has 0 fully saturated rings. The van der Waals surface area contributed by atoms with Gasteiger partial charge in [-0.05, 0) is 18.2 Å². The van der Waals surface area contributed by atoms with Gasteiger partial charge in [-0.3, -0.25) is 4.72 Å². The van der Waals surface area contributed by atoms with Crippen LogP contribution in [0.25, 0.3) is 0 Å². The Morgan fingerprint density at radius 2 is 1.76 bits per heavy atom. The van der Waals surface area contributed by atoms with Gasteiger partial charge in [-0.2, -0.15) is 0 Å². The summed E-state index contributed by atoms with van der Waals surface area (Å²) in [5, 5.41) is 8.87. The number of anilines is 1. The van der Waals surface area contributed by atoms with E-state index in [1.54, 1.807) is 0 Å². The Kier molecular flexibility index (Phi) is 5.12. The quantitative estimate of drug-likeness (QED) is 0.807. The predicted molar refractivity (Wildman–Crippen MR) is 83.7 cm³/mol. The lowest BCUT2D eigenvalue weighted by Crippen LogP contribution is -2.16. The summed E-state index contributed by atoms with van der Waals surface area (Å²) in [5.74, 6) is -4.11. The zero-order valence-electron chi connectivity index (χ0n) is 13.0. The van der Waals surface area contributed by atoms with Crippen molar-refractivity contribution in [1.29, 1.82) is 0 Å². The van der Waals surface area contributed by atoms with E-state index in [4.69, 9.17) is 14.6 Å². The van der Waals surface area contributed by atoms with Gasteiger partial charge in [0.15, 0.2) is 0 Å². The first-order valence-corrected chi connectivity index (χ1v) is 8.15. The number of rotatable bonds is 6. The monoisotopic (exact) mass is 373 g/mol. The molecule has 2 N–H and O–H groups in total. The molecule has 10 heteroatoms. The molecule has 0 aliphatic heterocycles. The number of halogens is 2. The Balaban J connectivity index is 2.53. The van der Waals surface area contributed by atoms with Crippen LogP contribution in [0.2, 0.25) is 0 Å². The van der Waals surface area contributed by atoms with Crippen molar-refractivity contribution in [1.82, 2.24) is 0 Å². The average molecular weight is 373 g/mol. The zero-order valence-corrected chi connectivity index (χ0v) is 13.9. The number of carbonyl (C=O) groups is 1. The maximum atomic E-state index is 13.9. The van der Waals surface area contributed by atoms with Crippen LogP contribution in [0.15, 0.2) is 35.2 Å². The highest BCUT2D eigenvalue weighted by Crippen LogP contribution is 2.30. The SMILES string of the molecule is COc1ccc(OC)c(S(=O)(=O)Nc2cc(C(=O)O)c(F)cc2F)c1. The predicted octanol–water partition coefficient (Wildman–Crippen LogP) is 2.48. The van der Waals surface area contributed by atoms with Gasteiger partial charge in [-0.25, -0.2) is 22.0 Å². The molecule has 0 spiro atoms. The normalized spacial score (nSPS) is 11.0. The lowest BCUT2D eigenvalue weighted by atomic mass is 10.2. The third-order valence-corrected chi connectivity index (χ3v) is 4.58. The highest BCUT2D eigenvalue weighted by molar-refractivity contribution is 7.92. The second-order valence-corrected chi connectivity index (χ2v) is 6.39. The first-order chi connectivity index (χ1) is 11.7. The fraction of sp³-hybridized carbons (Fsp3) is 0.133. The van der Waals surface area contributed by atoms with Crippen LogP contribution in [-0.2, 0) is 10.0 Å². The first-order valence-electron chi connectivity index (χ1n) is 6.66. The van der Waals surface area contributed by atoms with Crippen LogP contribution < -0.4 is 14.2 Å². The molecular formula is C15H13F2NO6S. The Hall–Kier alpha value is -2.88. The number of hydrogen-bond acceptors (Lipinski definition) is 5. The van der Waals surface area contributed by atoms with Gasteiger partial charge in [0.25, 0.3) is 10.0 Å². The van der Waals surface area contributed by atoms with Crippen LogP contribution >= 0.6 is 0 Å². The fourth-order valence-corrected chi connectivity index (χ4v) is 3.23. The Morgan fingerprint density at radius 1 is 1.08 bits per heavy atom. The third kappa shape index (κ3) is 3.79. The van der Waals surface area contributed by atoms with Gasteiger partial charge in [0.1, 0.15) is 28.0 Å². The Bertz CT molecular complexity index is 930. The molecule has 0 unspecified atom stereocenters. The summed E-state index contributed by atoms with van der Waals surface area (Å²) in [6, 6.07) is 4.76. The van der Waals surface area contributed by atoms with Crippen LogP contribution in [0.5, 0.6) is 11.5 Å². The molecule has 0 bridgehead atoms. The van der Waals surface area contributed by atoms with E-state index in [1.165, 1.54) is 26.4 Å². The number of nitrogens with one attached hydrogen (secondary N) is 1. The summed E-state index contributed by atoms with van der Waals surface area (Å²) in [6.07, 6.45) is 0. The maximum absolute atomic E-state index is 13.9. The molecule has 0 aliphatic carbocycles. The molecule has 0 amide bonds. The van der Waals surface area contributed by atoms with Crippen molar-refractivity contribution in [2.45, 2.75) is 4.90 Å². The summed E-state index contributed by atoms with van der Waals surface area (Å²) in [6.45, 7) is 0. The molecule has 0 saturated carbocycles. The highest BCUT2D eigenvalue weighted by atomic mass is 32.2. The molecule has 2 rings (SSSR count). The van der Waals surface area contributed by atoms with Gasteiger partial charge in [-0.15, -0.1) is 0 Å². The highest BCUT2D eigenvalue weighted by Gasteiger charge is 2.24. The maximum Gasteiger partial charge on any atom is 0.338 e. The van der Waals surface area contributed by atoms with Crippen molar-refractivity contribution >= 4 is 21.7 Å². The average Bonchev–Trinajstić information content (AvgIpc) is 2.56. The molecule has 0 heterocycles. The van der Waals surface area contributed by atoms with Crippen molar-refractivity contribution in [2.24, 2.45) is 0 Å². The minimum atomic E-state index is -4.38. The number of carboxylic acid groups (broad SMARTS) is 1. The van der Waals surface area contributed by atoms with Crippen LogP contribution in [0.4, 0.5) is 14.5 Å². The molecule has 0 radical (unpaired) electrons. The Morgan fingerprint density at radius 3 is 2.32 bits per heavy atom. The molecule has 0 aliphatic rings. The van der Waals surface area contributed by atoms with Crippen LogP contribution in [0.3, 0.4) is 0 Å². The van der Waals surface area contributed by atoms with E-state index in [0.717, 1.165) is 6.07 Å². The molecule has 0 aromatic heterocycles. The van der Waals surface area contributed by atoms with Crippen LogP contribution in [0, 0.1) is 11.6 Å². The minimum Gasteiger partial charge on any atom is -0.497 e. The molecule has 0 saturated heterocycles. The van der Waals surface area contributed by atoms with Crippen LogP contribution in [-0.4, -0.2) is 33.7 Å². The summed E-state index contributed by atoms with van der Waals surface area (Å²) in [7, 11) is -1.82. The third-order valence-electron chi connectivity index (χ3n) is 3.19. The van der Waals surface area contributed by atoms with E-state index < -0.39 is 38.9 Å². The van der Waals surface area contributed by atoms with Crippen molar-refractivity contribution in [2.75, 3.05) is 18.9 Å². The van der Waals surface area contributed by atoms with Gasteiger partial charge in [0.2, 0.25) is 0 Å². The van der Waals surface area contributed by atoms with Crippen molar-refractivity contribution in [3.05, 3.63) is 47.5 Å². The lowest BCUT2D eigenvalue weighted by molar-refractivity contribution is 0.0692. The van der Waals surface area contributed by atoms with E-state index in [-0.39, 0.29) is 22.5 Å². The molecule has 2 aromatic carbocycles. The van der Waals surface area contributed by atoms with Gasteiger partial charge in [-0.1, -0.05) is 0 Å². The Labute approximate surface area is 141 Å². The summed E-state index contributed by atoms with van der Waals surface area (Å²) in [4.78, 5) is 10.6. The van der Waals surface area contributed by atoms with E-state index in [0.29, 0.717) is 6.07 Å². The number of benzene rings is 2. The molecular weight excluding hydrogens is 360 g/mol. The van der Waals surface area contributed by atoms with E-state index in [9.17, 15) is 22.0 Å². The first kappa shape index (κ1) is 18.5. The van der Waals surface area contributed by atoms with E-state index in [2.05, 4.69) is 0 Å². The van der Waals surface area contributed by atoms with Crippen molar-refractivity contribution in [3.8, 4) is 11.5 Å². The van der Waals surface area contributed by atoms with Gasteiger partial charge < -0.3 is 14.6 Å². The summed E-state index contributed by atoms with van der Waals surface area (Å²) in [5.41, 5.74) is -1.60. The van der Waals surface area contributed by atoms with Crippen LogP contribution in [0.1, 0.15) is 10.4 Å². The van der Waals surface area contributed by atoms with E-state index in [1.807, 2.05) is 4.72 Å². The second-order valence-electron chi connectivity index (χ2n) is 4.74. The summed E-state index contributed by atoms with van der Waals surface area (Å²) < 4.78 is 64.1. The van der Waals surface area contributed by atoms with E-state index >= 15 is 0 Å². The second kappa shape index (κ2) is 6.93. The molecule has 2 aromatic rings. The van der Waals surface area contributed by atoms with Gasteiger partial charge in [0, 0.05) is 12.1 Å². The number of aromatic carboxylic acids is 1. The molecule has 0 atom stereocenters. The molecule has 7 nitrogen and oxygen atoms in total. The summed E-state index contributed by atoms with van der Waals surface area (Å²) >= 11 is 0.